The van der Waals surface area contributed by atoms with Gasteiger partial charge in [-0.3, -0.25) is 0 Å². The van der Waals surface area contributed by atoms with Gasteiger partial charge in [-0.05, 0) is 47.7 Å². The Hall–Kier alpha value is -1.87. The first-order valence-corrected chi connectivity index (χ1v) is 7.37. The van der Waals surface area contributed by atoms with Gasteiger partial charge in [0.25, 0.3) is 0 Å². The van der Waals surface area contributed by atoms with Crippen LogP contribution in [-0.2, 0) is 5.41 Å². The Balaban J connectivity index is 2.39. The predicted molar refractivity (Wildman–Crippen MR) is 92.3 cm³/mol. The third kappa shape index (κ3) is 3.82. The first-order chi connectivity index (χ1) is 9.77. The van der Waals surface area contributed by atoms with E-state index in [9.17, 15) is 0 Å². The van der Waals surface area contributed by atoms with Crippen LogP contribution in [0.2, 0.25) is 0 Å². The molecular formula is C18H21NOS. The minimum atomic E-state index is 0.0813. The molecule has 3 heteroatoms. The number of thiocarbonyl (C=S) groups is 1. The Morgan fingerprint density at radius 1 is 1.10 bits per heavy atom. The van der Waals surface area contributed by atoms with Crippen molar-refractivity contribution in [3.8, 4) is 11.5 Å². The number of hydrogen-bond acceptors (Lipinski definition) is 2. The van der Waals surface area contributed by atoms with Gasteiger partial charge >= 0.3 is 0 Å². The van der Waals surface area contributed by atoms with E-state index in [4.69, 9.17) is 22.7 Å². The molecule has 0 saturated carbocycles. The summed E-state index contributed by atoms with van der Waals surface area (Å²) in [4.78, 5) is 0.344. The summed E-state index contributed by atoms with van der Waals surface area (Å²) in [6, 6.07) is 14.0. The van der Waals surface area contributed by atoms with Gasteiger partial charge in [0.1, 0.15) is 16.5 Å². The highest BCUT2D eigenvalue weighted by atomic mass is 32.1. The molecule has 110 valence electrons. The SMILES string of the molecule is Cc1ccc(C(N)=S)c(Oc2cccc(C(C)(C)C)c2)c1. The van der Waals surface area contributed by atoms with E-state index in [1.54, 1.807) is 0 Å². The molecule has 0 aliphatic heterocycles. The summed E-state index contributed by atoms with van der Waals surface area (Å²) in [6.07, 6.45) is 0. The molecule has 0 aliphatic carbocycles. The molecule has 0 fully saturated rings. The molecule has 0 unspecified atom stereocenters. The third-order valence-corrected chi connectivity index (χ3v) is 3.55. The van der Waals surface area contributed by atoms with Gasteiger partial charge in [-0.15, -0.1) is 0 Å². The fourth-order valence-corrected chi connectivity index (χ4v) is 2.24. The quantitative estimate of drug-likeness (QED) is 0.833. The van der Waals surface area contributed by atoms with Crippen molar-refractivity contribution in [1.82, 2.24) is 0 Å². The maximum Gasteiger partial charge on any atom is 0.137 e. The summed E-state index contributed by atoms with van der Waals surface area (Å²) in [7, 11) is 0. The van der Waals surface area contributed by atoms with E-state index in [0.717, 1.165) is 16.9 Å². The molecule has 2 aromatic rings. The standard InChI is InChI=1S/C18H21NOS/c1-12-8-9-15(17(19)21)16(10-12)20-14-7-5-6-13(11-14)18(2,3)4/h5-11H,1-4H3,(H2,19,21). The van der Waals surface area contributed by atoms with E-state index in [1.165, 1.54) is 5.56 Å². The monoisotopic (exact) mass is 299 g/mol. The van der Waals surface area contributed by atoms with Gasteiger partial charge in [-0.1, -0.05) is 51.2 Å². The van der Waals surface area contributed by atoms with Gasteiger partial charge in [0.15, 0.2) is 0 Å². The smallest absolute Gasteiger partial charge is 0.137 e. The normalized spacial score (nSPS) is 11.2. The molecule has 0 aromatic heterocycles. The van der Waals surface area contributed by atoms with Crippen LogP contribution in [0.5, 0.6) is 11.5 Å². The second-order valence-electron chi connectivity index (χ2n) is 6.24. The van der Waals surface area contributed by atoms with E-state index in [-0.39, 0.29) is 5.41 Å². The second-order valence-corrected chi connectivity index (χ2v) is 6.68. The van der Waals surface area contributed by atoms with Crippen molar-refractivity contribution in [2.45, 2.75) is 33.1 Å². The molecule has 0 bridgehead atoms. The maximum atomic E-state index is 6.02. The van der Waals surface area contributed by atoms with Crippen LogP contribution in [0.15, 0.2) is 42.5 Å². The zero-order chi connectivity index (χ0) is 15.6. The molecule has 0 amide bonds. The molecule has 2 nitrogen and oxygen atoms in total. The zero-order valence-electron chi connectivity index (χ0n) is 12.9. The zero-order valence-corrected chi connectivity index (χ0v) is 13.8. The second kappa shape index (κ2) is 5.86. The van der Waals surface area contributed by atoms with Gasteiger partial charge in [-0.2, -0.15) is 0 Å². The fourth-order valence-electron chi connectivity index (χ4n) is 2.07. The lowest BCUT2D eigenvalue weighted by atomic mass is 9.87. The molecular weight excluding hydrogens is 278 g/mol. The van der Waals surface area contributed by atoms with Crippen LogP contribution in [0.3, 0.4) is 0 Å². The molecule has 2 rings (SSSR count). The van der Waals surface area contributed by atoms with Crippen LogP contribution in [0.25, 0.3) is 0 Å². The number of aryl methyl sites for hydroxylation is 1. The van der Waals surface area contributed by atoms with Crippen molar-refractivity contribution < 1.29 is 4.74 Å². The predicted octanol–water partition coefficient (Wildman–Crippen LogP) is 4.72. The molecule has 21 heavy (non-hydrogen) atoms. The Labute approximate surface area is 131 Å². The van der Waals surface area contributed by atoms with Crippen molar-refractivity contribution in [2.75, 3.05) is 0 Å². The minimum absolute atomic E-state index is 0.0813. The summed E-state index contributed by atoms with van der Waals surface area (Å²) in [6.45, 7) is 8.55. The number of rotatable bonds is 3. The van der Waals surface area contributed by atoms with Crippen molar-refractivity contribution in [2.24, 2.45) is 5.73 Å². The minimum Gasteiger partial charge on any atom is -0.457 e. The van der Waals surface area contributed by atoms with E-state index in [0.29, 0.717) is 10.7 Å². The van der Waals surface area contributed by atoms with Gasteiger partial charge in [0.2, 0.25) is 0 Å². The highest BCUT2D eigenvalue weighted by molar-refractivity contribution is 7.80. The van der Waals surface area contributed by atoms with Crippen LogP contribution < -0.4 is 10.5 Å². The van der Waals surface area contributed by atoms with Crippen LogP contribution in [-0.4, -0.2) is 4.99 Å². The molecule has 0 radical (unpaired) electrons. The summed E-state index contributed by atoms with van der Waals surface area (Å²) < 4.78 is 6.02. The average Bonchev–Trinajstić information content (AvgIpc) is 2.37. The maximum absolute atomic E-state index is 6.02. The average molecular weight is 299 g/mol. The molecule has 0 aliphatic rings. The fraction of sp³-hybridized carbons (Fsp3) is 0.278. The Morgan fingerprint density at radius 2 is 1.81 bits per heavy atom. The van der Waals surface area contributed by atoms with Gasteiger partial charge < -0.3 is 10.5 Å². The summed E-state index contributed by atoms with van der Waals surface area (Å²) in [5.41, 5.74) is 8.95. The summed E-state index contributed by atoms with van der Waals surface area (Å²) in [5, 5.41) is 0. The number of nitrogens with two attached hydrogens (primary N) is 1. The van der Waals surface area contributed by atoms with Crippen LogP contribution in [0.4, 0.5) is 0 Å². The third-order valence-electron chi connectivity index (χ3n) is 3.33. The van der Waals surface area contributed by atoms with Crippen LogP contribution >= 0.6 is 12.2 Å². The first-order valence-electron chi connectivity index (χ1n) is 6.96. The van der Waals surface area contributed by atoms with Crippen molar-refractivity contribution in [3.05, 3.63) is 59.2 Å². The van der Waals surface area contributed by atoms with E-state index >= 15 is 0 Å². The van der Waals surface area contributed by atoms with Crippen LogP contribution in [0.1, 0.15) is 37.5 Å². The van der Waals surface area contributed by atoms with Crippen LogP contribution in [0, 0.1) is 6.92 Å². The lowest BCUT2D eigenvalue weighted by molar-refractivity contribution is 0.477. The Morgan fingerprint density at radius 3 is 2.43 bits per heavy atom. The van der Waals surface area contributed by atoms with Crippen molar-refractivity contribution in [1.29, 1.82) is 0 Å². The first kappa shape index (κ1) is 15.5. The molecule has 0 heterocycles. The van der Waals surface area contributed by atoms with Gasteiger partial charge in [0.05, 0.1) is 5.56 Å². The van der Waals surface area contributed by atoms with Crippen molar-refractivity contribution in [3.63, 3.8) is 0 Å². The van der Waals surface area contributed by atoms with E-state index in [1.807, 2.05) is 37.3 Å². The molecule has 2 N–H and O–H groups in total. The van der Waals surface area contributed by atoms with Crippen molar-refractivity contribution >= 4 is 17.2 Å². The van der Waals surface area contributed by atoms with E-state index < -0.39 is 0 Å². The molecule has 0 atom stereocenters. The summed E-state index contributed by atoms with van der Waals surface area (Å²) in [5.74, 6) is 1.50. The summed E-state index contributed by atoms with van der Waals surface area (Å²) >= 11 is 5.09. The largest absolute Gasteiger partial charge is 0.457 e. The number of hydrogen-bond donors (Lipinski definition) is 1. The lowest BCUT2D eigenvalue weighted by Crippen LogP contribution is -2.12. The molecule has 0 spiro atoms. The topological polar surface area (TPSA) is 35.2 Å². The number of benzene rings is 2. The number of ether oxygens (including phenoxy) is 1. The highest BCUT2D eigenvalue weighted by Gasteiger charge is 2.15. The Bertz CT molecular complexity index is 671. The van der Waals surface area contributed by atoms with Gasteiger partial charge in [0, 0.05) is 0 Å². The van der Waals surface area contributed by atoms with E-state index in [2.05, 4.69) is 32.9 Å². The molecule has 0 saturated heterocycles. The van der Waals surface area contributed by atoms with Gasteiger partial charge in [-0.25, -0.2) is 0 Å². The highest BCUT2D eigenvalue weighted by Crippen LogP contribution is 2.30. The Kier molecular flexibility index (Phi) is 4.33. The molecule has 2 aromatic carbocycles. The lowest BCUT2D eigenvalue weighted by Gasteiger charge is -2.20.